The summed E-state index contributed by atoms with van der Waals surface area (Å²) < 4.78 is 5.22. The van der Waals surface area contributed by atoms with Crippen molar-refractivity contribution in [2.45, 2.75) is 64.2 Å². The van der Waals surface area contributed by atoms with Crippen LogP contribution in [-0.2, 0) is 23.7 Å². The van der Waals surface area contributed by atoms with Crippen LogP contribution in [0.4, 0.5) is 0 Å². The topological polar surface area (TPSA) is 9.86 Å². The number of aryl methyl sites for hydroxylation is 1. The number of benzene rings is 6. The fourth-order valence-electron chi connectivity index (χ4n) is 10.3. The van der Waals surface area contributed by atoms with E-state index in [0.29, 0.717) is 0 Å². The summed E-state index contributed by atoms with van der Waals surface area (Å²) in [5.74, 6) is 0. The van der Waals surface area contributed by atoms with Crippen LogP contribution in [0.25, 0.3) is 66.3 Å². The lowest BCUT2D eigenvalue weighted by Crippen LogP contribution is -2.15. The van der Waals surface area contributed by atoms with Gasteiger partial charge in [-0.2, -0.15) is 0 Å². The van der Waals surface area contributed by atoms with E-state index in [1.807, 2.05) is 0 Å². The molecule has 2 aromatic heterocycles. The minimum absolute atomic E-state index is 0.0361. The summed E-state index contributed by atoms with van der Waals surface area (Å²) in [5.41, 5.74) is 20.6. The van der Waals surface area contributed by atoms with Crippen LogP contribution in [-0.4, -0.2) is 9.13 Å². The quantitative estimate of drug-likeness (QED) is 0.177. The molecule has 0 fully saturated rings. The van der Waals surface area contributed by atoms with Gasteiger partial charge in [0.05, 0.1) is 16.6 Å². The van der Waals surface area contributed by atoms with E-state index in [1.54, 1.807) is 0 Å². The third-order valence-electron chi connectivity index (χ3n) is 12.7. The molecule has 0 unspecified atom stereocenters. The first kappa shape index (κ1) is 28.5. The minimum Gasteiger partial charge on any atom is -0.313 e. The number of nitrogens with zero attached hydrogens (tertiary/aromatic N) is 2. The Bertz CT molecular complexity index is 2760. The molecule has 8 aromatic rings. The molecule has 0 spiro atoms. The Morgan fingerprint density at radius 3 is 1.70 bits per heavy atom. The van der Waals surface area contributed by atoms with Crippen LogP contribution in [0, 0.1) is 0 Å². The van der Waals surface area contributed by atoms with Gasteiger partial charge in [0.2, 0.25) is 0 Å². The zero-order valence-electron chi connectivity index (χ0n) is 29.3. The van der Waals surface area contributed by atoms with Crippen molar-refractivity contribution >= 4 is 32.7 Å². The molecule has 11 rings (SSSR count). The van der Waals surface area contributed by atoms with E-state index in [1.165, 1.54) is 113 Å². The smallest absolute Gasteiger partial charge is 0.0637 e. The highest BCUT2D eigenvalue weighted by Crippen LogP contribution is 2.52. The normalized spacial score (nSPS) is 16.4. The Kier molecular flexibility index (Phi) is 5.51. The van der Waals surface area contributed by atoms with Gasteiger partial charge in [0.15, 0.2) is 0 Å². The highest BCUT2D eigenvalue weighted by molar-refractivity contribution is 6.19. The van der Waals surface area contributed by atoms with Crippen LogP contribution >= 0.6 is 0 Å². The van der Waals surface area contributed by atoms with E-state index in [0.717, 1.165) is 12.8 Å². The van der Waals surface area contributed by atoms with Crippen LogP contribution in [0.3, 0.4) is 0 Å². The van der Waals surface area contributed by atoms with Crippen LogP contribution in [0.5, 0.6) is 0 Å². The highest BCUT2D eigenvalue weighted by Gasteiger charge is 2.37. The van der Waals surface area contributed by atoms with Crippen LogP contribution < -0.4 is 0 Å². The molecular weight excluding hydrogens is 605 g/mol. The van der Waals surface area contributed by atoms with Gasteiger partial charge in [0.25, 0.3) is 0 Å². The molecule has 2 nitrogen and oxygen atoms in total. The molecule has 2 heterocycles. The van der Waals surface area contributed by atoms with E-state index < -0.39 is 0 Å². The number of aromatic nitrogens is 2. The molecule has 0 saturated heterocycles. The van der Waals surface area contributed by atoms with Gasteiger partial charge in [-0.05, 0) is 112 Å². The van der Waals surface area contributed by atoms with Gasteiger partial charge in [-0.25, -0.2) is 0 Å². The van der Waals surface area contributed by atoms with Crippen molar-refractivity contribution in [3.63, 3.8) is 0 Å². The fraction of sp³-hybridized carbons (Fsp3) is 0.208. The first-order valence-electron chi connectivity index (χ1n) is 18.4. The van der Waals surface area contributed by atoms with Gasteiger partial charge in [-0.3, -0.25) is 0 Å². The maximum absolute atomic E-state index is 2.63. The largest absolute Gasteiger partial charge is 0.313 e. The maximum atomic E-state index is 2.63. The second-order valence-corrected chi connectivity index (χ2v) is 16.0. The molecule has 6 aromatic carbocycles. The average molecular weight is 645 g/mol. The third-order valence-corrected chi connectivity index (χ3v) is 12.7. The summed E-state index contributed by atoms with van der Waals surface area (Å²) in [6.45, 7) is 9.56. The van der Waals surface area contributed by atoms with Crippen molar-refractivity contribution in [1.29, 1.82) is 0 Å². The standard InChI is InChI=1S/C48H40N2/c1-47(2)38-17-9-5-13-31(38)33-23-21-29(27-40(33)47)49-43-20-12-8-16-37(43)45-44(49)26-25-36-35-15-7-11-19-42(35)50(46(36)45)30-22-24-34-32-14-6-10-18-39(32)48(3,4)41(34)28-30/h5-7,9-11,13-15,17-19,21-28H,8,12,16,20H2,1-4H3. The second-order valence-electron chi connectivity index (χ2n) is 16.0. The molecule has 0 bridgehead atoms. The van der Waals surface area contributed by atoms with Crippen molar-refractivity contribution in [3.05, 3.63) is 155 Å². The molecule has 3 aliphatic rings. The lowest BCUT2D eigenvalue weighted by molar-refractivity contribution is 0.656. The van der Waals surface area contributed by atoms with Crippen LogP contribution in [0.2, 0.25) is 0 Å². The monoisotopic (exact) mass is 644 g/mol. The number of fused-ring (bicyclic) bond motifs is 13. The van der Waals surface area contributed by atoms with E-state index in [9.17, 15) is 0 Å². The Balaban J connectivity index is 1.20. The van der Waals surface area contributed by atoms with Gasteiger partial charge >= 0.3 is 0 Å². The zero-order valence-corrected chi connectivity index (χ0v) is 29.3. The third kappa shape index (κ3) is 3.49. The number of para-hydroxylation sites is 1. The SMILES string of the molecule is CC1(C)c2ccccc2-c2ccc(-n3c4c(c5c3ccc3c6ccccc6n(-c6ccc7c(c6)C(C)(C)c6ccccc6-7)c35)CCCC4)cc21. The van der Waals surface area contributed by atoms with E-state index in [4.69, 9.17) is 0 Å². The van der Waals surface area contributed by atoms with Crippen LogP contribution in [0.15, 0.2) is 121 Å². The molecule has 0 radical (unpaired) electrons. The molecule has 0 atom stereocenters. The zero-order chi connectivity index (χ0) is 33.5. The Morgan fingerprint density at radius 1 is 0.460 bits per heavy atom. The second kappa shape index (κ2) is 9.67. The summed E-state index contributed by atoms with van der Waals surface area (Å²) in [6, 6.07) is 46.3. The first-order valence-corrected chi connectivity index (χ1v) is 18.4. The Morgan fingerprint density at radius 2 is 1.02 bits per heavy atom. The summed E-state index contributed by atoms with van der Waals surface area (Å²) in [6.07, 6.45) is 4.70. The van der Waals surface area contributed by atoms with Gasteiger partial charge in [0, 0.05) is 44.1 Å². The van der Waals surface area contributed by atoms with Crippen molar-refractivity contribution in [3.8, 4) is 33.6 Å². The minimum atomic E-state index is -0.0560. The Hall–Kier alpha value is -5.34. The number of hydrogen-bond acceptors (Lipinski definition) is 0. The van der Waals surface area contributed by atoms with Gasteiger partial charge in [0.1, 0.15) is 0 Å². The van der Waals surface area contributed by atoms with Gasteiger partial charge < -0.3 is 9.13 Å². The van der Waals surface area contributed by atoms with Crippen molar-refractivity contribution < 1.29 is 0 Å². The molecule has 50 heavy (non-hydrogen) atoms. The fourth-order valence-corrected chi connectivity index (χ4v) is 10.3. The van der Waals surface area contributed by atoms with Crippen molar-refractivity contribution in [2.24, 2.45) is 0 Å². The summed E-state index contributed by atoms with van der Waals surface area (Å²) in [5, 5.41) is 4.09. The molecule has 3 aliphatic carbocycles. The average Bonchev–Trinajstić information content (AvgIpc) is 3.80. The van der Waals surface area contributed by atoms with Gasteiger partial charge in [-0.1, -0.05) is 113 Å². The Labute approximate surface area is 293 Å². The van der Waals surface area contributed by atoms with Crippen LogP contribution in [0.1, 0.15) is 74.0 Å². The molecule has 0 N–H and O–H groups in total. The molecule has 0 saturated carbocycles. The molecule has 0 aliphatic heterocycles. The van der Waals surface area contributed by atoms with E-state index >= 15 is 0 Å². The van der Waals surface area contributed by atoms with Gasteiger partial charge in [-0.15, -0.1) is 0 Å². The van der Waals surface area contributed by atoms with E-state index in [2.05, 4.69) is 158 Å². The predicted molar refractivity (Wildman–Crippen MR) is 209 cm³/mol. The predicted octanol–water partition coefficient (Wildman–Crippen LogP) is 12.2. The highest BCUT2D eigenvalue weighted by atomic mass is 15.0. The number of hydrogen-bond donors (Lipinski definition) is 0. The summed E-state index contributed by atoms with van der Waals surface area (Å²) in [4.78, 5) is 0. The van der Waals surface area contributed by atoms with Crippen molar-refractivity contribution in [1.82, 2.24) is 9.13 Å². The first-order chi connectivity index (χ1) is 24.3. The van der Waals surface area contributed by atoms with Crippen molar-refractivity contribution in [2.75, 3.05) is 0 Å². The summed E-state index contributed by atoms with van der Waals surface area (Å²) in [7, 11) is 0. The lowest BCUT2D eigenvalue weighted by Gasteiger charge is -2.23. The molecule has 0 amide bonds. The van der Waals surface area contributed by atoms with E-state index in [-0.39, 0.29) is 10.8 Å². The number of rotatable bonds is 2. The lowest BCUT2D eigenvalue weighted by atomic mass is 9.82. The molecule has 2 heteroatoms. The molecular formula is C48H40N2. The maximum Gasteiger partial charge on any atom is 0.0637 e. The summed E-state index contributed by atoms with van der Waals surface area (Å²) >= 11 is 0. The molecule has 242 valence electrons.